The molecule has 1 aliphatic rings. The van der Waals surface area contributed by atoms with Crippen LogP contribution in [-0.2, 0) is 14.3 Å². The van der Waals surface area contributed by atoms with Crippen molar-refractivity contribution in [3.63, 3.8) is 0 Å². The first kappa shape index (κ1) is 18.3. The van der Waals surface area contributed by atoms with E-state index in [4.69, 9.17) is 14.2 Å². The molecule has 1 aromatic carbocycles. The molecule has 1 aromatic rings. The van der Waals surface area contributed by atoms with Crippen LogP contribution in [0.4, 0.5) is 5.69 Å². The van der Waals surface area contributed by atoms with E-state index in [0.29, 0.717) is 36.8 Å². The van der Waals surface area contributed by atoms with Crippen molar-refractivity contribution in [3.8, 4) is 5.75 Å². The van der Waals surface area contributed by atoms with Crippen LogP contribution in [-0.4, -0.2) is 44.3 Å². The van der Waals surface area contributed by atoms with Gasteiger partial charge in [0.2, 0.25) is 0 Å². The SMILES string of the molecule is CCCCOCCN1C(=O)C(C)(C)Oc2ccc(C(=O)OC)cc21. The lowest BCUT2D eigenvalue weighted by molar-refractivity contribution is -0.132. The third-order valence-electron chi connectivity index (χ3n) is 3.90. The fourth-order valence-electron chi connectivity index (χ4n) is 2.54. The second-order valence-electron chi connectivity index (χ2n) is 6.21. The van der Waals surface area contributed by atoms with Gasteiger partial charge in [-0.3, -0.25) is 4.79 Å². The Labute approximate surface area is 142 Å². The highest BCUT2D eigenvalue weighted by atomic mass is 16.5. The molecule has 132 valence electrons. The summed E-state index contributed by atoms with van der Waals surface area (Å²) in [5, 5.41) is 0. The highest BCUT2D eigenvalue weighted by Gasteiger charge is 2.41. The number of carbonyl (C=O) groups excluding carboxylic acids is 2. The van der Waals surface area contributed by atoms with Crippen molar-refractivity contribution in [2.45, 2.75) is 39.2 Å². The second kappa shape index (κ2) is 7.66. The van der Waals surface area contributed by atoms with E-state index in [-0.39, 0.29) is 5.91 Å². The fourth-order valence-corrected chi connectivity index (χ4v) is 2.54. The Bertz CT molecular complexity index is 611. The van der Waals surface area contributed by atoms with Crippen molar-refractivity contribution < 1.29 is 23.8 Å². The number of benzene rings is 1. The summed E-state index contributed by atoms with van der Waals surface area (Å²) in [6.07, 6.45) is 2.06. The van der Waals surface area contributed by atoms with Crippen LogP contribution >= 0.6 is 0 Å². The lowest BCUT2D eigenvalue weighted by Crippen LogP contribution is -2.53. The van der Waals surface area contributed by atoms with Gasteiger partial charge in [0, 0.05) is 13.2 Å². The van der Waals surface area contributed by atoms with Gasteiger partial charge in [-0.1, -0.05) is 13.3 Å². The molecule has 0 saturated carbocycles. The van der Waals surface area contributed by atoms with Gasteiger partial charge in [-0.15, -0.1) is 0 Å². The Morgan fingerprint density at radius 2 is 2.04 bits per heavy atom. The summed E-state index contributed by atoms with van der Waals surface area (Å²) in [6.45, 7) is 7.08. The van der Waals surface area contributed by atoms with Crippen LogP contribution < -0.4 is 9.64 Å². The molecule has 0 fully saturated rings. The van der Waals surface area contributed by atoms with Gasteiger partial charge >= 0.3 is 5.97 Å². The van der Waals surface area contributed by atoms with Gasteiger partial charge in [0.05, 0.1) is 25.0 Å². The largest absolute Gasteiger partial charge is 0.476 e. The molecule has 0 N–H and O–H groups in total. The zero-order chi connectivity index (χ0) is 17.7. The third-order valence-corrected chi connectivity index (χ3v) is 3.90. The Hall–Kier alpha value is -2.08. The number of nitrogens with zero attached hydrogens (tertiary/aromatic N) is 1. The van der Waals surface area contributed by atoms with Crippen LogP contribution in [0.5, 0.6) is 5.75 Å². The first-order valence-corrected chi connectivity index (χ1v) is 8.21. The van der Waals surface area contributed by atoms with Crippen molar-refractivity contribution in [1.29, 1.82) is 0 Å². The van der Waals surface area contributed by atoms with Gasteiger partial charge in [-0.25, -0.2) is 4.79 Å². The average molecular weight is 335 g/mol. The highest BCUT2D eigenvalue weighted by Crippen LogP contribution is 2.38. The van der Waals surface area contributed by atoms with E-state index < -0.39 is 11.6 Å². The van der Waals surface area contributed by atoms with E-state index >= 15 is 0 Å². The van der Waals surface area contributed by atoms with Crippen LogP contribution in [0.15, 0.2) is 18.2 Å². The first-order chi connectivity index (χ1) is 11.4. The second-order valence-corrected chi connectivity index (χ2v) is 6.21. The molecule has 0 bridgehead atoms. The topological polar surface area (TPSA) is 65.1 Å². The first-order valence-electron chi connectivity index (χ1n) is 8.21. The molecule has 6 heteroatoms. The number of hydrogen-bond donors (Lipinski definition) is 0. The monoisotopic (exact) mass is 335 g/mol. The minimum absolute atomic E-state index is 0.156. The summed E-state index contributed by atoms with van der Waals surface area (Å²) < 4.78 is 16.1. The Morgan fingerprint density at radius 1 is 1.29 bits per heavy atom. The molecular formula is C18H25NO5. The normalized spacial score (nSPS) is 15.7. The quantitative estimate of drug-likeness (QED) is 0.566. The van der Waals surface area contributed by atoms with Crippen LogP contribution in [0, 0.1) is 0 Å². The molecule has 2 rings (SSSR count). The van der Waals surface area contributed by atoms with E-state index in [2.05, 4.69) is 6.92 Å². The molecule has 1 aliphatic heterocycles. The highest BCUT2D eigenvalue weighted by molar-refractivity contribution is 6.03. The van der Waals surface area contributed by atoms with Crippen molar-refractivity contribution in [3.05, 3.63) is 23.8 Å². The molecule has 0 aromatic heterocycles. The molecular weight excluding hydrogens is 310 g/mol. The number of esters is 1. The minimum atomic E-state index is -0.955. The summed E-state index contributed by atoms with van der Waals surface area (Å²) in [6, 6.07) is 4.95. The minimum Gasteiger partial charge on any atom is -0.476 e. The van der Waals surface area contributed by atoms with Crippen LogP contribution in [0.25, 0.3) is 0 Å². The average Bonchev–Trinajstić information content (AvgIpc) is 2.56. The van der Waals surface area contributed by atoms with E-state index in [0.717, 1.165) is 12.8 Å². The number of amides is 1. The zero-order valence-corrected chi connectivity index (χ0v) is 14.8. The maximum absolute atomic E-state index is 12.7. The van der Waals surface area contributed by atoms with E-state index in [1.54, 1.807) is 36.9 Å². The molecule has 0 unspecified atom stereocenters. The molecule has 0 aliphatic carbocycles. The number of ether oxygens (including phenoxy) is 3. The number of hydrogen-bond acceptors (Lipinski definition) is 5. The molecule has 6 nitrogen and oxygen atoms in total. The van der Waals surface area contributed by atoms with Crippen LogP contribution in [0.2, 0.25) is 0 Å². The number of carbonyl (C=O) groups is 2. The summed E-state index contributed by atoms with van der Waals surface area (Å²) in [5.74, 6) is -0.0360. The Kier molecular flexibility index (Phi) is 5.83. The van der Waals surface area contributed by atoms with Gasteiger partial charge < -0.3 is 19.1 Å². The van der Waals surface area contributed by atoms with Crippen molar-refractivity contribution in [2.75, 3.05) is 31.8 Å². The number of methoxy groups -OCH3 is 1. The fraction of sp³-hybridized carbons (Fsp3) is 0.556. The molecule has 0 saturated heterocycles. The number of rotatable bonds is 7. The van der Waals surface area contributed by atoms with Crippen molar-refractivity contribution >= 4 is 17.6 Å². The van der Waals surface area contributed by atoms with Gasteiger partial charge in [0.25, 0.3) is 5.91 Å². The van der Waals surface area contributed by atoms with E-state index in [9.17, 15) is 9.59 Å². The van der Waals surface area contributed by atoms with Gasteiger partial charge in [0.1, 0.15) is 5.75 Å². The van der Waals surface area contributed by atoms with Gasteiger partial charge in [0.15, 0.2) is 5.60 Å². The molecule has 0 spiro atoms. The molecule has 0 radical (unpaired) electrons. The molecule has 1 heterocycles. The van der Waals surface area contributed by atoms with E-state index in [1.807, 2.05) is 0 Å². The van der Waals surface area contributed by atoms with Gasteiger partial charge in [-0.05, 0) is 38.5 Å². The summed E-state index contributed by atoms with van der Waals surface area (Å²) in [4.78, 5) is 26.1. The maximum atomic E-state index is 12.7. The van der Waals surface area contributed by atoms with Crippen molar-refractivity contribution in [1.82, 2.24) is 0 Å². The van der Waals surface area contributed by atoms with Crippen LogP contribution in [0.3, 0.4) is 0 Å². The third kappa shape index (κ3) is 3.87. The lowest BCUT2D eigenvalue weighted by atomic mass is 10.0. The summed E-state index contributed by atoms with van der Waals surface area (Å²) in [5.41, 5.74) is -0.00555. The van der Waals surface area contributed by atoms with Crippen LogP contribution in [0.1, 0.15) is 44.0 Å². The van der Waals surface area contributed by atoms with Gasteiger partial charge in [-0.2, -0.15) is 0 Å². The van der Waals surface area contributed by atoms with E-state index in [1.165, 1.54) is 7.11 Å². The number of anilines is 1. The number of unbranched alkanes of at least 4 members (excludes halogenated alkanes) is 1. The predicted molar refractivity (Wildman–Crippen MR) is 90.6 cm³/mol. The summed E-state index contributed by atoms with van der Waals surface area (Å²) >= 11 is 0. The smallest absolute Gasteiger partial charge is 0.337 e. The molecule has 24 heavy (non-hydrogen) atoms. The standard InChI is InChI=1S/C18H25NO5/c1-5-6-10-23-11-9-19-14-12-13(16(20)22-4)7-8-15(14)24-18(2,3)17(19)21/h7-8,12H,5-6,9-11H2,1-4H3. The molecule has 1 amide bonds. The Morgan fingerprint density at radius 3 is 2.71 bits per heavy atom. The lowest BCUT2D eigenvalue weighted by Gasteiger charge is -2.38. The Balaban J connectivity index is 2.24. The maximum Gasteiger partial charge on any atom is 0.337 e. The summed E-state index contributed by atoms with van der Waals surface area (Å²) in [7, 11) is 1.33. The molecule has 0 atom stereocenters. The zero-order valence-electron chi connectivity index (χ0n) is 14.8. The predicted octanol–water partition coefficient (Wildman–Crippen LogP) is 2.79. The van der Waals surface area contributed by atoms with Crippen molar-refractivity contribution in [2.24, 2.45) is 0 Å². The number of fused-ring (bicyclic) bond motifs is 1.